The summed E-state index contributed by atoms with van der Waals surface area (Å²) < 4.78 is 5.72. The van der Waals surface area contributed by atoms with Crippen LogP contribution in [0.1, 0.15) is 23.3 Å². The lowest BCUT2D eigenvalue weighted by Gasteiger charge is -2.15. The van der Waals surface area contributed by atoms with Gasteiger partial charge in [0.1, 0.15) is 0 Å². The van der Waals surface area contributed by atoms with Gasteiger partial charge in [-0.15, -0.1) is 0 Å². The number of hydrogen-bond donors (Lipinski definition) is 1. The van der Waals surface area contributed by atoms with Crippen LogP contribution in [0.4, 0.5) is 5.69 Å². The molecule has 92 valence electrons. The van der Waals surface area contributed by atoms with E-state index in [0.29, 0.717) is 11.4 Å². The SMILES string of the molecule is CNC(=O)c1ncc(N(C)C)cc1OC1CC1. The van der Waals surface area contributed by atoms with Crippen LogP contribution in [0.25, 0.3) is 0 Å². The van der Waals surface area contributed by atoms with Gasteiger partial charge in [-0.25, -0.2) is 4.98 Å². The molecule has 1 aromatic heterocycles. The zero-order chi connectivity index (χ0) is 12.4. The fourth-order valence-corrected chi connectivity index (χ4v) is 1.42. The van der Waals surface area contributed by atoms with Crippen molar-refractivity contribution in [2.45, 2.75) is 18.9 Å². The smallest absolute Gasteiger partial charge is 0.273 e. The average Bonchev–Trinajstić information content (AvgIpc) is 3.11. The monoisotopic (exact) mass is 235 g/mol. The van der Waals surface area contributed by atoms with E-state index < -0.39 is 0 Å². The van der Waals surface area contributed by atoms with Crippen molar-refractivity contribution < 1.29 is 9.53 Å². The van der Waals surface area contributed by atoms with E-state index in [2.05, 4.69) is 10.3 Å². The van der Waals surface area contributed by atoms with Crippen LogP contribution in [0.15, 0.2) is 12.3 Å². The van der Waals surface area contributed by atoms with Gasteiger partial charge < -0.3 is 15.0 Å². The molecule has 0 bridgehead atoms. The Morgan fingerprint density at radius 2 is 2.24 bits per heavy atom. The Kier molecular flexibility index (Phi) is 3.17. The Labute approximate surface area is 101 Å². The Morgan fingerprint density at radius 3 is 2.76 bits per heavy atom. The van der Waals surface area contributed by atoms with Crippen molar-refractivity contribution in [1.29, 1.82) is 0 Å². The molecule has 17 heavy (non-hydrogen) atoms. The maximum Gasteiger partial charge on any atom is 0.273 e. The first-order valence-corrected chi connectivity index (χ1v) is 5.68. The van der Waals surface area contributed by atoms with Gasteiger partial charge in [0.15, 0.2) is 11.4 Å². The third-order valence-corrected chi connectivity index (χ3v) is 2.61. The third kappa shape index (κ3) is 2.67. The topological polar surface area (TPSA) is 54.5 Å². The van der Waals surface area contributed by atoms with Gasteiger partial charge in [-0.3, -0.25) is 4.79 Å². The summed E-state index contributed by atoms with van der Waals surface area (Å²) in [6.07, 6.45) is 4.03. The molecular weight excluding hydrogens is 218 g/mol. The quantitative estimate of drug-likeness (QED) is 0.847. The van der Waals surface area contributed by atoms with Gasteiger partial charge >= 0.3 is 0 Å². The van der Waals surface area contributed by atoms with Gasteiger partial charge in [-0.1, -0.05) is 0 Å². The maximum atomic E-state index is 11.7. The number of aromatic nitrogens is 1. The lowest BCUT2D eigenvalue weighted by Crippen LogP contribution is -2.21. The normalized spacial score (nSPS) is 14.3. The lowest BCUT2D eigenvalue weighted by molar-refractivity contribution is 0.0953. The number of carbonyl (C=O) groups excluding carboxylic acids is 1. The molecule has 1 saturated carbocycles. The van der Waals surface area contributed by atoms with Gasteiger partial charge in [0.05, 0.1) is 18.0 Å². The Morgan fingerprint density at radius 1 is 1.53 bits per heavy atom. The minimum Gasteiger partial charge on any atom is -0.488 e. The van der Waals surface area contributed by atoms with Gasteiger partial charge in [0, 0.05) is 27.2 Å². The Hall–Kier alpha value is -1.78. The fourth-order valence-electron chi connectivity index (χ4n) is 1.42. The fraction of sp³-hybridized carbons (Fsp3) is 0.500. The van der Waals surface area contributed by atoms with Gasteiger partial charge in [0.2, 0.25) is 0 Å². The van der Waals surface area contributed by atoms with E-state index in [1.54, 1.807) is 13.2 Å². The number of ether oxygens (including phenoxy) is 1. The van der Waals surface area contributed by atoms with Crippen molar-refractivity contribution in [3.63, 3.8) is 0 Å². The number of nitrogens with zero attached hydrogens (tertiary/aromatic N) is 2. The number of rotatable bonds is 4. The molecule has 0 atom stereocenters. The molecule has 1 heterocycles. The molecule has 0 saturated heterocycles. The molecule has 1 fully saturated rings. The molecule has 0 aliphatic heterocycles. The van der Waals surface area contributed by atoms with Crippen molar-refractivity contribution in [1.82, 2.24) is 10.3 Å². The second-order valence-electron chi connectivity index (χ2n) is 4.33. The molecule has 1 aliphatic rings. The second kappa shape index (κ2) is 4.61. The van der Waals surface area contributed by atoms with Crippen LogP contribution >= 0.6 is 0 Å². The standard InChI is InChI=1S/C12H17N3O2/c1-13-12(16)11-10(17-9-4-5-9)6-8(7-14-11)15(2)3/h6-7,9H,4-5H2,1-3H3,(H,13,16). The van der Waals surface area contributed by atoms with Crippen molar-refractivity contribution in [2.75, 3.05) is 26.0 Å². The largest absolute Gasteiger partial charge is 0.488 e. The first-order chi connectivity index (χ1) is 8.11. The van der Waals surface area contributed by atoms with Gasteiger partial charge in [0.25, 0.3) is 5.91 Å². The molecule has 1 N–H and O–H groups in total. The Balaban J connectivity index is 2.32. The van der Waals surface area contributed by atoms with Crippen LogP contribution in [-0.4, -0.2) is 38.1 Å². The second-order valence-corrected chi connectivity index (χ2v) is 4.33. The van der Waals surface area contributed by atoms with Crippen LogP contribution in [0.3, 0.4) is 0 Å². The molecule has 5 heteroatoms. The molecular formula is C12H17N3O2. The van der Waals surface area contributed by atoms with Gasteiger partial charge in [-0.2, -0.15) is 0 Å². The number of pyridine rings is 1. The lowest BCUT2D eigenvalue weighted by atomic mass is 10.2. The first kappa shape index (κ1) is 11.7. The number of amides is 1. The molecule has 0 radical (unpaired) electrons. The highest BCUT2D eigenvalue weighted by atomic mass is 16.5. The van der Waals surface area contributed by atoms with Crippen molar-refractivity contribution >= 4 is 11.6 Å². The van der Waals surface area contributed by atoms with Crippen LogP contribution < -0.4 is 15.0 Å². The number of nitrogens with one attached hydrogen (secondary N) is 1. The van der Waals surface area contributed by atoms with E-state index in [1.165, 1.54) is 0 Å². The van der Waals surface area contributed by atoms with Crippen LogP contribution in [0, 0.1) is 0 Å². The summed E-state index contributed by atoms with van der Waals surface area (Å²) >= 11 is 0. The molecule has 1 aliphatic carbocycles. The zero-order valence-electron chi connectivity index (χ0n) is 10.4. The molecule has 0 aromatic carbocycles. The molecule has 5 nitrogen and oxygen atoms in total. The van der Waals surface area contributed by atoms with Crippen molar-refractivity contribution in [2.24, 2.45) is 0 Å². The van der Waals surface area contributed by atoms with E-state index >= 15 is 0 Å². The summed E-state index contributed by atoms with van der Waals surface area (Å²) in [7, 11) is 5.44. The summed E-state index contributed by atoms with van der Waals surface area (Å²) in [6.45, 7) is 0. The highest BCUT2D eigenvalue weighted by molar-refractivity contribution is 5.95. The highest BCUT2D eigenvalue weighted by Gasteiger charge is 2.26. The molecule has 0 unspecified atom stereocenters. The average molecular weight is 235 g/mol. The highest BCUT2D eigenvalue weighted by Crippen LogP contribution is 2.30. The van der Waals surface area contributed by atoms with E-state index in [0.717, 1.165) is 18.5 Å². The summed E-state index contributed by atoms with van der Waals surface area (Å²) in [5, 5.41) is 2.57. The molecule has 1 amide bonds. The number of anilines is 1. The minimum atomic E-state index is -0.217. The molecule has 1 aromatic rings. The van der Waals surface area contributed by atoms with E-state index in [1.807, 2.05) is 25.1 Å². The maximum absolute atomic E-state index is 11.7. The van der Waals surface area contributed by atoms with Crippen molar-refractivity contribution in [3.05, 3.63) is 18.0 Å². The Bertz CT molecular complexity index is 428. The molecule has 0 spiro atoms. The molecule has 2 rings (SSSR count). The van der Waals surface area contributed by atoms with E-state index in [-0.39, 0.29) is 12.0 Å². The summed E-state index contributed by atoms with van der Waals surface area (Å²) in [6, 6.07) is 1.86. The summed E-state index contributed by atoms with van der Waals surface area (Å²) in [5.74, 6) is 0.351. The van der Waals surface area contributed by atoms with Crippen molar-refractivity contribution in [3.8, 4) is 5.75 Å². The van der Waals surface area contributed by atoms with E-state index in [4.69, 9.17) is 4.74 Å². The first-order valence-electron chi connectivity index (χ1n) is 5.68. The zero-order valence-corrected chi connectivity index (χ0v) is 10.4. The van der Waals surface area contributed by atoms with Crippen LogP contribution in [-0.2, 0) is 0 Å². The summed E-state index contributed by atoms with van der Waals surface area (Å²) in [5.41, 5.74) is 1.28. The third-order valence-electron chi connectivity index (χ3n) is 2.61. The predicted octanol–water partition coefficient (Wildman–Crippen LogP) is 1.05. The predicted molar refractivity (Wildman–Crippen MR) is 65.6 cm³/mol. The minimum absolute atomic E-state index is 0.217. The van der Waals surface area contributed by atoms with Gasteiger partial charge in [-0.05, 0) is 12.8 Å². The number of carbonyl (C=O) groups is 1. The van der Waals surface area contributed by atoms with Crippen LogP contribution in [0.5, 0.6) is 5.75 Å². The number of hydrogen-bond acceptors (Lipinski definition) is 4. The van der Waals surface area contributed by atoms with Crippen LogP contribution in [0.2, 0.25) is 0 Å². The van der Waals surface area contributed by atoms with E-state index in [9.17, 15) is 4.79 Å². The summed E-state index contributed by atoms with van der Waals surface area (Å²) in [4.78, 5) is 17.8.